The first-order chi connectivity index (χ1) is 14.4. The molecule has 0 saturated heterocycles. The maximum absolute atomic E-state index is 13.0. The SMILES string of the molecule is O=C(OCc1ccccc1)S(=O)(=O)N1C[C@H](Cc2nc(=O)[nH]o2)Oc2ccccc21. The van der Waals surface area contributed by atoms with E-state index < -0.39 is 27.1 Å². The lowest BCUT2D eigenvalue weighted by atomic mass is 10.2. The molecule has 0 bridgehead atoms. The Hall–Kier alpha value is -3.60. The predicted octanol–water partition coefficient (Wildman–Crippen LogP) is 1.84. The molecule has 0 saturated carbocycles. The van der Waals surface area contributed by atoms with Gasteiger partial charge in [-0.2, -0.15) is 18.6 Å². The van der Waals surface area contributed by atoms with Crippen LogP contribution in [0.4, 0.5) is 10.5 Å². The van der Waals surface area contributed by atoms with Gasteiger partial charge in [0.25, 0.3) is 0 Å². The second-order valence-electron chi connectivity index (χ2n) is 6.49. The molecule has 30 heavy (non-hydrogen) atoms. The topological polar surface area (TPSA) is 132 Å². The standard InChI is InChI=1S/C19H17N3O7S/c23-18-20-17(29-21-18)10-14-11-22(15-8-4-5-9-16(15)28-14)30(25,26)19(24)27-12-13-6-2-1-3-7-13/h1-9,14H,10-12H2,(H,21,23)/t14-/m0/s1. The van der Waals surface area contributed by atoms with Gasteiger partial charge < -0.3 is 14.0 Å². The lowest BCUT2D eigenvalue weighted by Crippen LogP contribution is -2.46. The van der Waals surface area contributed by atoms with Crippen molar-refractivity contribution >= 4 is 21.0 Å². The van der Waals surface area contributed by atoms with Gasteiger partial charge in [-0.1, -0.05) is 42.5 Å². The highest BCUT2D eigenvalue weighted by Gasteiger charge is 2.39. The quantitative estimate of drug-likeness (QED) is 0.605. The number of carbonyl (C=O) groups excluding carboxylic acids is 1. The minimum atomic E-state index is -4.49. The number of hydrogen-bond acceptors (Lipinski definition) is 8. The van der Waals surface area contributed by atoms with Crippen molar-refractivity contribution in [2.75, 3.05) is 10.8 Å². The maximum atomic E-state index is 13.0. The zero-order chi connectivity index (χ0) is 21.1. The largest absolute Gasteiger partial charge is 0.486 e. The lowest BCUT2D eigenvalue weighted by molar-refractivity contribution is 0.164. The van der Waals surface area contributed by atoms with Crippen LogP contribution in [0.25, 0.3) is 0 Å². The fraction of sp³-hybridized carbons (Fsp3) is 0.211. The highest BCUT2D eigenvalue weighted by atomic mass is 32.2. The van der Waals surface area contributed by atoms with Crippen molar-refractivity contribution in [2.24, 2.45) is 0 Å². The van der Waals surface area contributed by atoms with Crippen molar-refractivity contribution in [3.63, 3.8) is 0 Å². The summed E-state index contributed by atoms with van der Waals surface area (Å²) in [4.78, 5) is 27.2. The number of carbonyl (C=O) groups is 1. The molecule has 0 unspecified atom stereocenters. The molecule has 1 aromatic heterocycles. The summed E-state index contributed by atoms with van der Waals surface area (Å²) >= 11 is 0. The Morgan fingerprint density at radius 1 is 1.17 bits per heavy atom. The zero-order valence-electron chi connectivity index (χ0n) is 15.6. The van der Waals surface area contributed by atoms with Crippen LogP contribution in [0.2, 0.25) is 0 Å². The summed E-state index contributed by atoms with van der Waals surface area (Å²) in [7, 11) is -4.49. The first kappa shape index (κ1) is 19.7. The van der Waals surface area contributed by atoms with Gasteiger partial charge in [-0.25, -0.2) is 9.59 Å². The molecule has 2 heterocycles. The van der Waals surface area contributed by atoms with Crippen molar-refractivity contribution in [1.29, 1.82) is 0 Å². The molecule has 3 aromatic rings. The van der Waals surface area contributed by atoms with Gasteiger partial charge >= 0.3 is 21.0 Å². The molecule has 2 aromatic carbocycles. The average molecular weight is 431 g/mol. The Labute approximate surface area is 171 Å². The van der Waals surface area contributed by atoms with E-state index in [4.69, 9.17) is 14.0 Å². The number of aromatic nitrogens is 2. The van der Waals surface area contributed by atoms with Crippen molar-refractivity contribution in [2.45, 2.75) is 19.1 Å². The monoisotopic (exact) mass is 431 g/mol. The van der Waals surface area contributed by atoms with E-state index in [-0.39, 0.29) is 36.9 Å². The number of para-hydroxylation sites is 2. The number of aromatic amines is 1. The third kappa shape index (κ3) is 4.06. The molecule has 4 rings (SSSR count). The number of sulfonamides is 1. The first-order valence-corrected chi connectivity index (χ1v) is 10.4. The van der Waals surface area contributed by atoms with Crippen molar-refractivity contribution in [1.82, 2.24) is 10.1 Å². The number of H-pyrrole nitrogens is 1. The number of hydrogen-bond donors (Lipinski definition) is 1. The number of benzene rings is 2. The third-order valence-corrected chi connectivity index (χ3v) is 5.85. The van der Waals surface area contributed by atoms with Crippen LogP contribution >= 0.6 is 0 Å². The minimum absolute atomic E-state index is 0.0259. The van der Waals surface area contributed by atoms with Crippen LogP contribution in [0.3, 0.4) is 0 Å². The summed E-state index contributed by atoms with van der Waals surface area (Å²) in [5.41, 5.74) is 0.221. The molecule has 0 radical (unpaired) electrons. The molecular weight excluding hydrogens is 414 g/mol. The number of ether oxygens (including phenoxy) is 2. The van der Waals surface area contributed by atoms with Gasteiger partial charge in [0.05, 0.1) is 18.7 Å². The van der Waals surface area contributed by atoms with Crippen LogP contribution in [-0.4, -0.2) is 36.5 Å². The van der Waals surface area contributed by atoms with E-state index >= 15 is 0 Å². The Morgan fingerprint density at radius 2 is 1.90 bits per heavy atom. The van der Waals surface area contributed by atoms with E-state index in [1.54, 1.807) is 48.5 Å². The molecule has 10 nitrogen and oxygen atoms in total. The molecule has 0 spiro atoms. The van der Waals surface area contributed by atoms with Gasteiger partial charge in [-0.3, -0.25) is 4.31 Å². The van der Waals surface area contributed by atoms with E-state index in [1.165, 1.54) is 6.07 Å². The molecule has 1 N–H and O–H groups in total. The lowest BCUT2D eigenvalue weighted by Gasteiger charge is -2.34. The van der Waals surface area contributed by atoms with Crippen LogP contribution < -0.4 is 14.7 Å². The second kappa shape index (κ2) is 8.03. The van der Waals surface area contributed by atoms with Gasteiger partial charge in [0, 0.05) is 0 Å². The van der Waals surface area contributed by atoms with Gasteiger partial charge in [0.2, 0.25) is 5.89 Å². The Balaban J connectivity index is 1.56. The van der Waals surface area contributed by atoms with Crippen LogP contribution in [0.1, 0.15) is 11.5 Å². The van der Waals surface area contributed by atoms with Crippen molar-refractivity contribution in [3.8, 4) is 5.75 Å². The van der Waals surface area contributed by atoms with Gasteiger partial charge in [0.15, 0.2) is 0 Å². The summed E-state index contributed by atoms with van der Waals surface area (Å²) in [6.07, 6.45) is -0.707. The Kier molecular flexibility index (Phi) is 5.27. The Morgan fingerprint density at radius 3 is 2.63 bits per heavy atom. The summed E-state index contributed by atoms with van der Waals surface area (Å²) in [6.45, 7) is -0.358. The van der Waals surface area contributed by atoms with E-state index in [9.17, 15) is 18.0 Å². The number of nitrogens with one attached hydrogen (secondary N) is 1. The maximum Gasteiger partial charge on any atom is 0.445 e. The van der Waals surface area contributed by atoms with Crippen molar-refractivity contribution < 1.29 is 27.2 Å². The molecule has 1 atom stereocenters. The molecule has 1 aliphatic rings. The molecule has 0 aliphatic carbocycles. The fourth-order valence-electron chi connectivity index (χ4n) is 3.02. The number of anilines is 1. The van der Waals surface area contributed by atoms with Crippen LogP contribution in [0.15, 0.2) is 63.9 Å². The van der Waals surface area contributed by atoms with E-state index in [1.807, 2.05) is 0 Å². The average Bonchev–Trinajstić information content (AvgIpc) is 3.16. The zero-order valence-corrected chi connectivity index (χ0v) is 16.4. The molecule has 156 valence electrons. The van der Waals surface area contributed by atoms with Crippen molar-refractivity contribution in [3.05, 3.63) is 76.5 Å². The number of nitrogens with zero attached hydrogens (tertiary/aromatic N) is 2. The summed E-state index contributed by atoms with van der Waals surface area (Å²) < 4.78 is 42.6. The summed E-state index contributed by atoms with van der Waals surface area (Å²) in [6, 6.07) is 15.2. The molecule has 0 fully saturated rings. The fourth-order valence-corrected chi connectivity index (χ4v) is 4.18. The highest BCUT2D eigenvalue weighted by molar-refractivity contribution is 8.06. The normalized spacial score (nSPS) is 15.9. The predicted molar refractivity (Wildman–Crippen MR) is 105 cm³/mol. The van der Waals surface area contributed by atoms with Crippen LogP contribution in [0.5, 0.6) is 5.75 Å². The van der Waals surface area contributed by atoms with Gasteiger partial charge in [-0.15, -0.1) is 0 Å². The molecule has 11 heteroatoms. The second-order valence-corrected chi connectivity index (χ2v) is 8.21. The highest BCUT2D eigenvalue weighted by Crippen LogP contribution is 2.36. The van der Waals surface area contributed by atoms with E-state index in [0.717, 1.165) is 4.31 Å². The smallest absolute Gasteiger partial charge is 0.445 e. The molecular formula is C19H17N3O7S. The minimum Gasteiger partial charge on any atom is -0.486 e. The first-order valence-electron chi connectivity index (χ1n) is 8.97. The van der Waals surface area contributed by atoms with Crippen LogP contribution in [-0.2, 0) is 27.8 Å². The molecule has 1 aliphatic heterocycles. The number of rotatable bonds is 5. The Bertz CT molecular complexity index is 1200. The van der Waals surface area contributed by atoms with Crippen LogP contribution in [0, 0.1) is 0 Å². The summed E-state index contributed by atoms with van der Waals surface area (Å²) in [5, 5.41) is 0.699. The molecule has 0 amide bonds. The van der Waals surface area contributed by atoms with E-state index in [0.29, 0.717) is 5.56 Å². The van der Waals surface area contributed by atoms with Gasteiger partial charge in [0.1, 0.15) is 18.5 Å². The summed E-state index contributed by atoms with van der Waals surface area (Å²) in [5.74, 6) is 0.333. The van der Waals surface area contributed by atoms with E-state index in [2.05, 4.69) is 10.1 Å². The third-order valence-electron chi connectivity index (χ3n) is 4.38. The van der Waals surface area contributed by atoms with Gasteiger partial charge in [-0.05, 0) is 17.7 Å². The number of fused-ring (bicyclic) bond motifs is 1.